The van der Waals surface area contributed by atoms with Crippen molar-refractivity contribution in [2.75, 3.05) is 6.61 Å². The lowest BCUT2D eigenvalue weighted by Crippen LogP contribution is -2.13. The lowest BCUT2D eigenvalue weighted by molar-refractivity contribution is 0.154. The number of carbonyl (C=O) groups is 1. The summed E-state index contributed by atoms with van der Waals surface area (Å²) in [6.45, 7) is 4.81. The number of rotatable bonds is 5. The fraction of sp³-hybridized carbons (Fsp3) is 0.875. The van der Waals surface area contributed by atoms with Gasteiger partial charge in [0.15, 0.2) is 0 Å². The van der Waals surface area contributed by atoms with Crippen LogP contribution in [0.4, 0.5) is 4.79 Å². The van der Waals surface area contributed by atoms with Crippen molar-refractivity contribution in [3.8, 4) is 0 Å². The molecule has 0 radical (unpaired) electrons. The van der Waals surface area contributed by atoms with E-state index < -0.39 is 6.09 Å². The van der Waals surface area contributed by atoms with E-state index in [1.54, 1.807) is 0 Å². The van der Waals surface area contributed by atoms with Crippen LogP contribution in [0, 0.1) is 5.92 Å². The molecule has 0 heterocycles. The second-order valence-corrected chi connectivity index (χ2v) is 3.06. The zero-order chi connectivity index (χ0) is 8.69. The van der Waals surface area contributed by atoms with Gasteiger partial charge >= 0.3 is 6.09 Å². The molecule has 0 fully saturated rings. The highest BCUT2D eigenvalue weighted by atomic mass is 16.5. The van der Waals surface area contributed by atoms with Gasteiger partial charge in [0, 0.05) is 0 Å². The number of hydrogen-bond donors (Lipinski definition) is 1. The van der Waals surface area contributed by atoms with Gasteiger partial charge in [0.1, 0.15) is 0 Å². The minimum absolute atomic E-state index is 0.460. The van der Waals surface area contributed by atoms with Crippen LogP contribution in [-0.2, 0) is 4.74 Å². The van der Waals surface area contributed by atoms with Crippen molar-refractivity contribution in [2.24, 2.45) is 11.7 Å². The van der Waals surface area contributed by atoms with E-state index in [9.17, 15) is 4.79 Å². The number of amides is 1. The zero-order valence-corrected chi connectivity index (χ0v) is 7.30. The van der Waals surface area contributed by atoms with Crippen LogP contribution in [-0.4, -0.2) is 12.7 Å². The molecule has 11 heavy (non-hydrogen) atoms. The summed E-state index contributed by atoms with van der Waals surface area (Å²) in [5, 5.41) is 0. The predicted octanol–water partition coefficient (Wildman–Crippen LogP) is 1.91. The number of hydrogen-bond acceptors (Lipinski definition) is 2. The second-order valence-electron chi connectivity index (χ2n) is 3.06. The maximum absolute atomic E-state index is 10.1. The molecule has 3 nitrogen and oxygen atoms in total. The highest BCUT2D eigenvalue weighted by molar-refractivity contribution is 5.64. The largest absolute Gasteiger partial charge is 0.450 e. The van der Waals surface area contributed by atoms with Gasteiger partial charge in [-0.25, -0.2) is 4.79 Å². The summed E-state index contributed by atoms with van der Waals surface area (Å²) in [6, 6.07) is 0. The van der Waals surface area contributed by atoms with Gasteiger partial charge in [-0.15, -0.1) is 0 Å². The Morgan fingerprint density at radius 1 is 1.45 bits per heavy atom. The molecule has 0 aliphatic rings. The molecular formula is C8H17NO2. The van der Waals surface area contributed by atoms with E-state index >= 15 is 0 Å². The van der Waals surface area contributed by atoms with E-state index in [1.165, 1.54) is 6.42 Å². The van der Waals surface area contributed by atoms with Crippen LogP contribution in [0.5, 0.6) is 0 Å². The molecule has 0 saturated carbocycles. The fourth-order valence-electron chi connectivity index (χ4n) is 0.827. The van der Waals surface area contributed by atoms with Crippen molar-refractivity contribution in [2.45, 2.75) is 33.1 Å². The molecule has 0 spiro atoms. The van der Waals surface area contributed by atoms with Crippen LogP contribution in [0.1, 0.15) is 33.1 Å². The summed E-state index contributed by atoms with van der Waals surface area (Å²) in [7, 11) is 0. The van der Waals surface area contributed by atoms with Gasteiger partial charge in [-0.3, -0.25) is 0 Å². The summed E-state index contributed by atoms with van der Waals surface area (Å²) in [4.78, 5) is 10.1. The maximum Gasteiger partial charge on any atom is 0.404 e. The van der Waals surface area contributed by atoms with E-state index in [2.05, 4.69) is 18.6 Å². The van der Waals surface area contributed by atoms with Gasteiger partial charge in [-0.2, -0.15) is 0 Å². The predicted molar refractivity (Wildman–Crippen MR) is 44.2 cm³/mol. The molecule has 0 aromatic heterocycles. The van der Waals surface area contributed by atoms with Crippen molar-refractivity contribution < 1.29 is 9.53 Å². The first-order valence-electron chi connectivity index (χ1n) is 4.05. The van der Waals surface area contributed by atoms with Gasteiger partial charge < -0.3 is 10.5 Å². The Labute approximate surface area is 67.9 Å². The van der Waals surface area contributed by atoms with Crippen molar-refractivity contribution in [1.29, 1.82) is 0 Å². The third-order valence-electron chi connectivity index (χ3n) is 1.42. The van der Waals surface area contributed by atoms with Crippen molar-refractivity contribution >= 4 is 6.09 Å². The monoisotopic (exact) mass is 159 g/mol. The van der Waals surface area contributed by atoms with Gasteiger partial charge in [-0.05, 0) is 18.8 Å². The first kappa shape index (κ1) is 10.3. The molecule has 0 unspecified atom stereocenters. The summed E-state index contributed by atoms with van der Waals surface area (Å²) in [5.41, 5.74) is 4.77. The lowest BCUT2D eigenvalue weighted by Gasteiger charge is -2.03. The first-order chi connectivity index (χ1) is 5.13. The van der Waals surface area contributed by atoms with Crippen LogP contribution in [0.2, 0.25) is 0 Å². The van der Waals surface area contributed by atoms with Gasteiger partial charge in [0.25, 0.3) is 0 Å². The molecule has 0 aliphatic carbocycles. The highest BCUT2D eigenvalue weighted by Gasteiger charge is 1.95. The topological polar surface area (TPSA) is 52.3 Å². The van der Waals surface area contributed by atoms with Gasteiger partial charge in [-0.1, -0.05) is 20.3 Å². The Hall–Kier alpha value is -0.730. The summed E-state index contributed by atoms with van der Waals surface area (Å²) in [6.07, 6.45) is 2.53. The Bertz CT molecular complexity index is 113. The third-order valence-corrected chi connectivity index (χ3v) is 1.42. The molecule has 0 aromatic carbocycles. The molecule has 0 atom stereocenters. The number of carbonyl (C=O) groups excluding carboxylic acids is 1. The normalized spacial score (nSPS) is 10.1. The highest BCUT2D eigenvalue weighted by Crippen LogP contribution is 2.05. The standard InChI is InChI=1S/C8H17NO2/c1-7(2)5-3-4-6-11-8(9)10/h7H,3-6H2,1-2H3,(H2,9,10). The van der Waals surface area contributed by atoms with Gasteiger partial charge in [0.2, 0.25) is 0 Å². The van der Waals surface area contributed by atoms with E-state index in [4.69, 9.17) is 5.73 Å². The first-order valence-corrected chi connectivity index (χ1v) is 4.05. The molecule has 1 amide bonds. The summed E-state index contributed by atoms with van der Waals surface area (Å²) < 4.78 is 4.56. The van der Waals surface area contributed by atoms with Crippen LogP contribution >= 0.6 is 0 Å². The number of ether oxygens (including phenoxy) is 1. The fourth-order valence-corrected chi connectivity index (χ4v) is 0.827. The van der Waals surface area contributed by atoms with E-state index in [1.807, 2.05) is 0 Å². The van der Waals surface area contributed by atoms with E-state index in [0.29, 0.717) is 6.61 Å². The molecule has 0 aliphatic heterocycles. The quantitative estimate of drug-likeness (QED) is 0.623. The van der Waals surface area contributed by atoms with Crippen molar-refractivity contribution in [3.63, 3.8) is 0 Å². The van der Waals surface area contributed by atoms with Crippen LogP contribution < -0.4 is 5.73 Å². The molecule has 0 saturated heterocycles. The molecule has 2 N–H and O–H groups in total. The summed E-state index contributed by atoms with van der Waals surface area (Å²) >= 11 is 0. The summed E-state index contributed by atoms with van der Waals surface area (Å²) in [5.74, 6) is 0.726. The maximum atomic E-state index is 10.1. The Kier molecular flexibility index (Phi) is 5.61. The molecule has 0 rings (SSSR count). The molecular weight excluding hydrogens is 142 g/mol. The molecule has 3 heteroatoms. The minimum atomic E-state index is -0.672. The van der Waals surface area contributed by atoms with E-state index in [-0.39, 0.29) is 0 Å². The molecule has 0 bridgehead atoms. The van der Waals surface area contributed by atoms with Crippen molar-refractivity contribution in [1.82, 2.24) is 0 Å². The second kappa shape index (κ2) is 6.01. The Morgan fingerprint density at radius 3 is 2.55 bits per heavy atom. The van der Waals surface area contributed by atoms with Crippen molar-refractivity contribution in [3.05, 3.63) is 0 Å². The SMILES string of the molecule is CC(C)CCCCOC(N)=O. The average Bonchev–Trinajstić information content (AvgIpc) is 1.85. The van der Waals surface area contributed by atoms with Gasteiger partial charge in [0.05, 0.1) is 6.61 Å². The minimum Gasteiger partial charge on any atom is -0.450 e. The number of nitrogens with two attached hydrogens (primary N) is 1. The van der Waals surface area contributed by atoms with E-state index in [0.717, 1.165) is 18.8 Å². The molecule has 0 aromatic rings. The number of unbranched alkanes of at least 4 members (excludes halogenated alkanes) is 1. The number of primary amides is 1. The average molecular weight is 159 g/mol. The third kappa shape index (κ3) is 9.27. The smallest absolute Gasteiger partial charge is 0.404 e. The van der Waals surface area contributed by atoms with Crippen LogP contribution in [0.15, 0.2) is 0 Å². The van der Waals surface area contributed by atoms with Crippen LogP contribution in [0.25, 0.3) is 0 Å². The lowest BCUT2D eigenvalue weighted by atomic mass is 10.1. The Morgan fingerprint density at radius 2 is 2.09 bits per heavy atom. The zero-order valence-electron chi connectivity index (χ0n) is 7.30. The van der Waals surface area contributed by atoms with Crippen LogP contribution in [0.3, 0.4) is 0 Å². The Balaban J connectivity index is 2.97. The molecule has 66 valence electrons.